The van der Waals surface area contributed by atoms with E-state index >= 15 is 0 Å². The molecule has 0 heterocycles. The summed E-state index contributed by atoms with van der Waals surface area (Å²) in [4.78, 5) is 10.1. The molecule has 0 aliphatic carbocycles. The monoisotopic (exact) mass is 227 g/mol. The van der Waals surface area contributed by atoms with Crippen LogP contribution in [0.25, 0.3) is 0 Å². The molecule has 0 aromatic heterocycles. The van der Waals surface area contributed by atoms with Gasteiger partial charge in [-0.25, -0.2) is 4.18 Å². The normalized spacial score (nSPS) is 12.0. The third kappa shape index (κ3) is 9.13. The van der Waals surface area contributed by atoms with Crippen LogP contribution in [0, 0.1) is 0 Å². The molecule has 5 N–H and O–H groups in total. The van der Waals surface area contributed by atoms with Crippen LogP contribution in [0.15, 0.2) is 11.6 Å². The van der Waals surface area contributed by atoms with Crippen LogP contribution in [0.3, 0.4) is 0 Å². The Morgan fingerprint density at radius 1 is 1.57 bits per heavy atom. The number of carboxylic acids is 1. The molecule has 0 aliphatic rings. The van der Waals surface area contributed by atoms with Gasteiger partial charge in [-0.15, -0.1) is 0 Å². The van der Waals surface area contributed by atoms with Gasteiger partial charge in [0.25, 0.3) is 0 Å². The highest BCUT2D eigenvalue weighted by Crippen LogP contribution is 1.95. The van der Waals surface area contributed by atoms with Crippen molar-refractivity contribution in [1.82, 2.24) is 6.15 Å². The van der Waals surface area contributed by atoms with Crippen molar-refractivity contribution in [3.05, 3.63) is 11.6 Å². The smallest absolute Gasteiger partial charge is 0.397 e. The molecule has 0 bridgehead atoms. The van der Waals surface area contributed by atoms with E-state index in [9.17, 15) is 18.3 Å². The van der Waals surface area contributed by atoms with Crippen LogP contribution in [0.1, 0.15) is 13.3 Å². The minimum Gasteiger partial charge on any atom is -0.545 e. The summed E-state index contributed by atoms with van der Waals surface area (Å²) in [5.41, 5.74) is -0.0149. The van der Waals surface area contributed by atoms with E-state index in [0.29, 0.717) is 0 Å². The van der Waals surface area contributed by atoms with Crippen molar-refractivity contribution < 1.29 is 27.1 Å². The van der Waals surface area contributed by atoms with Crippen molar-refractivity contribution in [2.75, 3.05) is 6.61 Å². The van der Waals surface area contributed by atoms with E-state index in [1.165, 1.54) is 13.0 Å². The van der Waals surface area contributed by atoms with E-state index in [4.69, 9.17) is 4.55 Å². The van der Waals surface area contributed by atoms with Gasteiger partial charge in [-0.2, -0.15) is 8.42 Å². The Morgan fingerprint density at radius 2 is 2.07 bits per heavy atom. The maximum absolute atomic E-state index is 10.1. The summed E-state index contributed by atoms with van der Waals surface area (Å²) >= 11 is 0. The fourth-order valence-corrected chi connectivity index (χ4v) is 0.819. The first-order valence-corrected chi connectivity index (χ1v) is 4.69. The van der Waals surface area contributed by atoms with E-state index in [1.54, 1.807) is 0 Å². The molecule has 84 valence electrons. The molecule has 0 fully saturated rings. The van der Waals surface area contributed by atoms with Crippen LogP contribution < -0.4 is 11.3 Å². The molecule has 0 atom stereocenters. The zero-order valence-electron chi connectivity index (χ0n) is 7.89. The van der Waals surface area contributed by atoms with Gasteiger partial charge >= 0.3 is 10.4 Å². The highest BCUT2D eigenvalue weighted by Gasteiger charge is 2.01. The van der Waals surface area contributed by atoms with Crippen LogP contribution in [-0.2, 0) is 19.4 Å². The number of hydrogen-bond acceptors (Lipinski definition) is 5. The first kappa shape index (κ1) is 15.5. The standard InChI is InChI=1S/C6H10O6S.H3N/c1-5(6(7)8)3-2-4-12-13(9,10)11;/h3H,2,4H2,1H3,(H,7,8)(H,9,10,11);1H3. The third-order valence-corrected chi connectivity index (χ3v) is 1.59. The molecular weight excluding hydrogens is 214 g/mol. The molecule has 0 aliphatic heterocycles. The maximum Gasteiger partial charge on any atom is 0.397 e. The number of carbonyl (C=O) groups excluding carboxylic acids is 1. The predicted molar refractivity (Wildman–Crippen MR) is 46.9 cm³/mol. The molecule has 0 saturated heterocycles. The summed E-state index contributed by atoms with van der Waals surface area (Å²) in [5, 5.41) is 10.1. The SMILES string of the molecule is CC(=CCCOS(=O)(=O)O)C(=O)[O-].[NH4+]. The van der Waals surface area contributed by atoms with Gasteiger partial charge in [-0.05, 0) is 18.9 Å². The lowest BCUT2D eigenvalue weighted by Gasteiger charge is -2.01. The molecule has 14 heavy (non-hydrogen) atoms. The van der Waals surface area contributed by atoms with Crippen LogP contribution in [0.5, 0.6) is 0 Å². The Morgan fingerprint density at radius 3 is 2.43 bits per heavy atom. The Kier molecular flexibility index (Phi) is 7.19. The Hall–Kier alpha value is -0.960. The molecule has 0 spiro atoms. The van der Waals surface area contributed by atoms with Crippen LogP contribution in [-0.4, -0.2) is 25.5 Å². The minimum atomic E-state index is -4.43. The van der Waals surface area contributed by atoms with Crippen molar-refractivity contribution in [3.8, 4) is 0 Å². The van der Waals surface area contributed by atoms with E-state index in [0.717, 1.165) is 0 Å². The number of rotatable bonds is 5. The van der Waals surface area contributed by atoms with Gasteiger partial charge in [0.05, 0.1) is 12.6 Å². The van der Waals surface area contributed by atoms with Crippen LogP contribution in [0.4, 0.5) is 0 Å². The molecule has 0 saturated carbocycles. The summed E-state index contributed by atoms with van der Waals surface area (Å²) in [5.74, 6) is -1.33. The van der Waals surface area contributed by atoms with Crippen molar-refractivity contribution in [1.29, 1.82) is 0 Å². The quantitative estimate of drug-likeness (QED) is 0.360. The Bertz CT molecular complexity index is 306. The summed E-state index contributed by atoms with van der Waals surface area (Å²) in [7, 11) is -4.43. The van der Waals surface area contributed by atoms with Crippen molar-refractivity contribution in [3.63, 3.8) is 0 Å². The Balaban J connectivity index is 0. The minimum absolute atomic E-state index is 0. The van der Waals surface area contributed by atoms with E-state index in [2.05, 4.69) is 4.18 Å². The predicted octanol–water partition coefficient (Wildman–Crippen LogP) is -0.732. The van der Waals surface area contributed by atoms with E-state index < -0.39 is 16.4 Å². The zero-order valence-corrected chi connectivity index (χ0v) is 8.70. The van der Waals surface area contributed by atoms with Crippen molar-refractivity contribution in [2.45, 2.75) is 13.3 Å². The number of hydrogen-bond donors (Lipinski definition) is 2. The maximum atomic E-state index is 10.1. The molecular formula is C6H13NO6S. The summed E-state index contributed by atoms with van der Waals surface area (Å²) < 4.78 is 32.0. The van der Waals surface area contributed by atoms with Gasteiger partial charge < -0.3 is 16.1 Å². The number of aliphatic carboxylic acids is 1. The molecule has 0 aromatic rings. The summed E-state index contributed by atoms with van der Waals surface area (Å²) in [6.45, 7) is 1.01. The molecule has 0 amide bonds. The van der Waals surface area contributed by atoms with Gasteiger partial charge in [0.15, 0.2) is 0 Å². The number of carboxylic acid groups (broad SMARTS) is 1. The second-order valence-electron chi connectivity index (χ2n) is 2.21. The van der Waals surface area contributed by atoms with Gasteiger partial charge in [0, 0.05) is 0 Å². The highest BCUT2D eigenvalue weighted by atomic mass is 32.3. The number of carbonyl (C=O) groups is 1. The average Bonchev–Trinajstić information content (AvgIpc) is 1.95. The second kappa shape index (κ2) is 6.49. The van der Waals surface area contributed by atoms with E-state index in [1.807, 2.05) is 0 Å². The largest absolute Gasteiger partial charge is 0.545 e. The van der Waals surface area contributed by atoms with Crippen molar-refractivity contribution >= 4 is 16.4 Å². The summed E-state index contributed by atoms with van der Waals surface area (Å²) in [6.07, 6.45) is 1.31. The number of quaternary nitrogens is 1. The molecule has 7 nitrogen and oxygen atoms in total. The molecule has 0 radical (unpaired) electrons. The Labute approximate surface area is 81.9 Å². The fraction of sp³-hybridized carbons (Fsp3) is 0.500. The molecule has 8 heteroatoms. The lowest BCUT2D eigenvalue weighted by Crippen LogP contribution is -2.23. The van der Waals surface area contributed by atoms with Gasteiger partial charge in [-0.1, -0.05) is 6.08 Å². The lowest BCUT2D eigenvalue weighted by atomic mass is 10.2. The topological polar surface area (TPSA) is 140 Å². The first-order valence-electron chi connectivity index (χ1n) is 3.33. The molecule has 0 unspecified atom stereocenters. The van der Waals surface area contributed by atoms with Gasteiger partial charge in [0.2, 0.25) is 0 Å². The lowest BCUT2D eigenvalue weighted by molar-refractivity contribution is -0.299. The molecule has 0 rings (SSSR count). The van der Waals surface area contributed by atoms with Crippen molar-refractivity contribution in [2.24, 2.45) is 0 Å². The van der Waals surface area contributed by atoms with Gasteiger partial charge in [0.1, 0.15) is 0 Å². The average molecular weight is 227 g/mol. The zero-order chi connectivity index (χ0) is 10.5. The fourth-order valence-electron chi connectivity index (χ4n) is 0.512. The van der Waals surface area contributed by atoms with E-state index in [-0.39, 0.29) is 24.8 Å². The highest BCUT2D eigenvalue weighted by molar-refractivity contribution is 7.80. The molecule has 0 aromatic carbocycles. The first-order chi connectivity index (χ1) is 5.83. The second-order valence-corrected chi connectivity index (χ2v) is 3.30. The van der Waals surface area contributed by atoms with Gasteiger partial charge in [-0.3, -0.25) is 4.55 Å². The third-order valence-electron chi connectivity index (χ3n) is 1.12. The summed E-state index contributed by atoms with van der Waals surface area (Å²) in [6, 6.07) is 0. The van der Waals surface area contributed by atoms with Crippen LogP contribution in [0.2, 0.25) is 0 Å². The van der Waals surface area contributed by atoms with Crippen LogP contribution >= 0.6 is 0 Å².